The summed E-state index contributed by atoms with van der Waals surface area (Å²) in [5, 5.41) is 14.7. The van der Waals surface area contributed by atoms with Gasteiger partial charge >= 0.3 is 0 Å². The highest BCUT2D eigenvalue weighted by Gasteiger charge is 2.12. The summed E-state index contributed by atoms with van der Waals surface area (Å²) in [6.07, 6.45) is 0.825. The van der Waals surface area contributed by atoms with E-state index >= 15 is 0 Å². The first kappa shape index (κ1) is 19.2. The SMILES string of the molecule is O=C(CSc1nnc(-c2ccccc2)c2ccccc12)NCCc1ccccc1. The number of benzene rings is 3. The highest BCUT2D eigenvalue weighted by atomic mass is 32.2. The standard InChI is InChI=1S/C24H21N3OS/c28-22(25-16-15-18-9-3-1-4-10-18)17-29-24-21-14-8-7-13-20(21)23(26-27-24)19-11-5-2-6-12-19/h1-14H,15-17H2,(H,25,28). The fourth-order valence-electron chi connectivity index (χ4n) is 3.17. The molecule has 1 amide bonds. The van der Waals surface area contributed by atoms with Gasteiger partial charge in [-0.2, -0.15) is 0 Å². The molecule has 1 heterocycles. The fourth-order valence-corrected chi connectivity index (χ4v) is 3.97. The van der Waals surface area contributed by atoms with Gasteiger partial charge in [-0.3, -0.25) is 4.79 Å². The minimum absolute atomic E-state index is 0.00366. The molecular formula is C24H21N3OS. The van der Waals surface area contributed by atoms with Crippen molar-refractivity contribution in [2.24, 2.45) is 0 Å². The fraction of sp³-hybridized carbons (Fsp3) is 0.125. The molecule has 144 valence electrons. The van der Waals surface area contributed by atoms with Crippen LogP contribution in [0.5, 0.6) is 0 Å². The second-order valence-corrected chi connectivity index (χ2v) is 7.60. The number of carbonyl (C=O) groups excluding carboxylic acids is 1. The van der Waals surface area contributed by atoms with Crippen LogP contribution in [0.3, 0.4) is 0 Å². The molecule has 0 unspecified atom stereocenters. The van der Waals surface area contributed by atoms with Crippen molar-refractivity contribution in [2.45, 2.75) is 11.4 Å². The van der Waals surface area contributed by atoms with Gasteiger partial charge in [0, 0.05) is 22.9 Å². The zero-order valence-corrected chi connectivity index (χ0v) is 16.7. The largest absolute Gasteiger partial charge is 0.355 e. The van der Waals surface area contributed by atoms with Crippen molar-refractivity contribution in [3.8, 4) is 11.3 Å². The summed E-state index contributed by atoms with van der Waals surface area (Å²) in [4.78, 5) is 12.3. The maximum Gasteiger partial charge on any atom is 0.230 e. The van der Waals surface area contributed by atoms with Crippen molar-refractivity contribution in [1.29, 1.82) is 0 Å². The molecule has 4 rings (SSSR count). The number of amides is 1. The molecule has 0 aliphatic carbocycles. The summed E-state index contributed by atoms with van der Waals surface area (Å²) < 4.78 is 0. The van der Waals surface area contributed by atoms with Crippen molar-refractivity contribution >= 4 is 28.4 Å². The number of rotatable bonds is 7. The van der Waals surface area contributed by atoms with Gasteiger partial charge in [0.2, 0.25) is 5.91 Å². The summed E-state index contributed by atoms with van der Waals surface area (Å²) in [7, 11) is 0. The molecule has 1 N–H and O–H groups in total. The molecule has 0 aliphatic heterocycles. The van der Waals surface area contributed by atoms with Crippen LogP contribution in [0.15, 0.2) is 90.0 Å². The number of carbonyl (C=O) groups is 1. The number of nitrogens with one attached hydrogen (secondary N) is 1. The van der Waals surface area contributed by atoms with Crippen LogP contribution in [-0.4, -0.2) is 28.4 Å². The maximum atomic E-state index is 12.3. The Kier molecular flexibility index (Phi) is 6.17. The van der Waals surface area contributed by atoms with E-state index < -0.39 is 0 Å². The lowest BCUT2D eigenvalue weighted by molar-refractivity contribution is -0.118. The van der Waals surface area contributed by atoms with Crippen LogP contribution in [0, 0.1) is 0 Å². The zero-order valence-electron chi connectivity index (χ0n) is 15.9. The number of hydrogen-bond acceptors (Lipinski definition) is 4. The molecule has 5 heteroatoms. The predicted molar refractivity (Wildman–Crippen MR) is 119 cm³/mol. The van der Waals surface area contributed by atoms with Crippen molar-refractivity contribution < 1.29 is 4.79 Å². The Hall–Kier alpha value is -3.18. The summed E-state index contributed by atoms with van der Waals surface area (Å²) in [6, 6.07) is 28.3. The normalized spacial score (nSPS) is 10.8. The van der Waals surface area contributed by atoms with Gasteiger partial charge in [-0.25, -0.2) is 0 Å². The third kappa shape index (κ3) is 4.81. The van der Waals surface area contributed by atoms with E-state index in [-0.39, 0.29) is 5.91 Å². The van der Waals surface area contributed by atoms with Crippen LogP contribution in [-0.2, 0) is 11.2 Å². The maximum absolute atomic E-state index is 12.3. The van der Waals surface area contributed by atoms with E-state index in [0.717, 1.165) is 33.5 Å². The molecule has 1 aromatic heterocycles. The summed E-state index contributed by atoms with van der Waals surface area (Å²) in [5.41, 5.74) is 3.11. The molecule has 4 nitrogen and oxygen atoms in total. The summed E-state index contributed by atoms with van der Waals surface area (Å²) >= 11 is 1.42. The number of hydrogen-bond donors (Lipinski definition) is 1. The van der Waals surface area contributed by atoms with Gasteiger partial charge < -0.3 is 5.32 Å². The van der Waals surface area contributed by atoms with Crippen LogP contribution in [0.2, 0.25) is 0 Å². The second-order valence-electron chi connectivity index (χ2n) is 6.64. The molecular weight excluding hydrogens is 378 g/mol. The lowest BCUT2D eigenvalue weighted by Gasteiger charge is -2.09. The van der Waals surface area contributed by atoms with Crippen molar-refractivity contribution in [2.75, 3.05) is 12.3 Å². The lowest BCUT2D eigenvalue weighted by atomic mass is 10.1. The van der Waals surface area contributed by atoms with Crippen LogP contribution in [0.4, 0.5) is 0 Å². The van der Waals surface area contributed by atoms with Gasteiger partial charge in [0.1, 0.15) is 10.7 Å². The minimum atomic E-state index is 0.00366. The van der Waals surface area contributed by atoms with E-state index in [1.165, 1.54) is 17.3 Å². The lowest BCUT2D eigenvalue weighted by Crippen LogP contribution is -2.27. The van der Waals surface area contributed by atoms with Crippen molar-refractivity contribution in [1.82, 2.24) is 15.5 Å². The average molecular weight is 400 g/mol. The molecule has 3 aromatic carbocycles. The monoisotopic (exact) mass is 399 g/mol. The quantitative estimate of drug-likeness (QED) is 0.456. The third-order valence-electron chi connectivity index (χ3n) is 4.62. The number of fused-ring (bicyclic) bond motifs is 1. The van der Waals surface area contributed by atoms with Crippen LogP contribution >= 0.6 is 11.8 Å². The zero-order chi connectivity index (χ0) is 19.9. The summed E-state index contributed by atoms with van der Waals surface area (Å²) in [5.74, 6) is 0.321. The topological polar surface area (TPSA) is 54.9 Å². The van der Waals surface area contributed by atoms with Gasteiger partial charge in [0.25, 0.3) is 0 Å². The Morgan fingerprint density at radius 3 is 2.21 bits per heavy atom. The molecule has 0 spiro atoms. The number of aromatic nitrogens is 2. The van der Waals surface area contributed by atoms with Gasteiger partial charge in [0.05, 0.1) is 5.75 Å². The molecule has 0 radical (unpaired) electrons. The van der Waals surface area contributed by atoms with E-state index in [4.69, 9.17) is 0 Å². The molecule has 0 saturated heterocycles. The average Bonchev–Trinajstić information content (AvgIpc) is 2.79. The third-order valence-corrected chi connectivity index (χ3v) is 5.60. The number of nitrogens with zero attached hydrogens (tertiary/aromatic N) is 2. The Labute approximate surface area is 174 Å². The Balaban J connectivity index is 1.43. The van der Waals surface area contributed by atoms with Crippen molar-refractivity contribution in [3.63, 3.8) is 0 Å². The Morgan fingerprint density at radius 2 is 1.45 bits per heavy atom. The molecule has 0 atom stereocenters. The van der Waals surface area contributed by atoms with E-state index in [1.54, 1.807) is 0 Å². The molecule has 0 aliphatic rings. The summed E-state index contributed by atoms with van der Waals surface area (Å²) in [6.45, 7) is 0.628. The van der Waals surface area contributed by atoms with E-state index in [2.05, 4.69) is 33.7 Å². The first-order valence-electron chi connectivity index (χ1n) is 9.55. The van der Waals surface area contributed by atoms with Gasteiger partial charge in [-0.1, -0.05) is 96.7 Å². The first-order valence-corrected chi connectivity index (χ1v) is 10.5. The smallest absolute Gasteiger partial charge is 0.230 e. The van der Waals surface area contributed by atoms with Crippen LogP contribution in [0.1, 0.15) is 5.56 Å². The first-order chi connectivity index (χ1) is 14.3. The Morgan fingerprint density at radius 1 is 0.793 bits per heavy atom. The Bertz CT molecular complexity index is 1100. The molecule has 0 bridgehead atoms. The van der Waals surface area contributed by atoms with E-state index in [0.29, 0.717) is 12.3 Å². The molecule has 0 fully saturated rings. The molecule has 29 heavy (non-hydrogen) atoms. The van der Waals surface area contributed by atoms with Gasteiger partial charge in [-0.15, -0.1) is 10.2 Å². The molecule has 0 saturated carbocycles. The highest BCUT2D eigenvalue weighted by Crippen LogP contribution is 2.31. The molecule has 4 aromatic rings. The van der Waals surface area contributed by atoms with Crippen molar-refractivity contribution in [3.05, 3.63) is 90.5 Å². The van der Waals surface area contributed by atoms with E-state index in [9.17, 15) is 4.79 Å². The minimum Gasteiger partial charge on any atom is -0.355 e. The van der Waals surface area contributed by atoms with Gasteiger partial charge in [-0.05, 0) is 12.0 Å². The van der Waals surface area contributed by atoms with Crippen LogP contribution in [0.25, 0.3) is 22.0 Å². The highest BCUT2D eigenvalue weighted by molar-refractivity contribution is 8.00. The van der Waals surface area contributed by atoms with E-state index in [1.807, 2.05) is 66.7 Å². The second kappa shape index (κ2) is 9.34. The predicted octanol–water partition coefficient (Wildman–Crippen LogP) is 4.75. The van der Waals surface area contributed by atoms with Crippen LogP contribution < -0.4 is 5.32 Å². The van der Waals surface area contributed by atoms with Gasteiger partial charge in [0.15, 0.2) is 0 Å². The number of thioether (sulfide) groups is 1.